The van der Waals surface area contributed by atoms with Crippen LogP contribution in [0.1, 0.15) is 18.2 Å². The molecular formula is C11H13ClN2OS2. The van der Waals surface area contributed by atoms with Crippen molar-refractivity contribution in [2.24, 2.45) is 0 Å². The maximum atomic E-state index is 8.92. The number of halogens is 1. The third-order valence-corrected chi connectivity index (χ3v) is 4.59. The van der Waals surface area contributed by atoms with Gasteiger partial charge in [-0.2, -0.15) is 0 Å². The Hall–Kier alpha value is -0.360. The number of aromatic nitrogens is 2. The molecule has 0 radical (unpaired) electrons. The normalized spacial score (nSPS) is 13.2. The highest BCUT2D eigenvalue weighted by molar-refractivity contribution is 8.00. The average molecular weight is 289 g/mol. The molecule has 0 bridgehead atoms. The average Bonchev–Trinajstić information content (AvgIpc) is 2.58. The summed E-state index contributed by atoms with van der Waals surface area (Å²) >= 11 is 9.17. The third kappa shape index (κ3) is 3.10. The van der Waals surface area contributed by atoms with Crippen LogP contribution < -0.4 is 0 Å². The first kappa shape index (κ1) is 13.1. The smallest absolute Gasteiger partial charge is 0.224 e. The summed E-state index contributed by atoms with van der Waals surface area (Å²) in [6.45, 7) is 4.31. The first-order chi connectivity index (χ1) is 8.10. The van der Waals surface area contributed by atoms with E-state index in [1.807, 2.05) is 6.92 Å². The van der Waals surface area contributed by atoms with E-state index in [0.717, 1.165) is 21.7 Å². The Morgan fingerprint density at radius 1 is 1.53 bits per heavy atom. The molecule has 2 heterocycles. The lowest BCUT2D eigenvalue weighted by atomic mass is 10.3. The van der Waals surface area contributed by atoms with Crippen LogP contribution in [0.25, 0.3) is 10.2 Å². The minimum atomic E-state index is 0.193. The zero-order chi connectivity index (χ0) is 12.4. The van der Waals surface area contributed by atoms with E-state index in [2.05, 4.69) is 23.0 Å². The first-order valence-electron chi connectivity index (χ1n) is 5.31. The molecule has 1 unspecified atom stereocenters. The molecule has 0 saturated carbocycles. The van der Waals surface area contributed by atoms with Crippen molar-refractivity contribution in [3.05, 3.63) is 16.2 Å². The highest BCUT2D eigenvalue weighted by Crippen LogP contribution is 2.34. The largest absolute Gasteiger partial charge is 0.396 e. The van der Waals surface area contributed by atoms with E-state index >= 15 is 0 Å². The van der Waals surface area contributed by atoms with Crippen LogP contribution in [-0.4, -0.2) is 26.9 Å². The van der Waals surface area contributed by atoms with Crippen LogP contribution in [0, 0.1) is 6.92 Å². The van der Waals surface area contributed by atoms with Gasteiger partial charge in [0.25, 0.3) is 0 Å². The van der Waals surface area contributed by atoms with E-state index in [9.17, 15) is 0 Å². The van der Waals surface area contributed by atoms with Crippen molar-refractivity contribution < 1.29 is 5.11 Å². The standard InChI is InChI=1S/C11H13ClN2OS2/c1-6(3-4-15)16-9-8-5-7(2)17-10(8)14-11(12)13-9/h5-6,15H,3-4H2,1-2H3. The molecule has 3 nitrogen and oxygen atoms in total. The van der Waals surface area contributed by atoms with Gasteiger partial charge >= 0.3 is 0 Å². The molecule has 92 valence electrons. The lowest BCUT2D eigenvalue weighted by molar-refractivity contribution is 0.289. The number of aliphatic hydroxyl groups excluding tert-OH is 1. The maximum Gasteiger partial charge on any atom is 0.224 e. The van der Waals surface area contributed by atoms with E-state index < -0.39 is 0 Å². The van der Waals surface area contributed by atoms with Gasteiger partial charge in [0.05, 0.1) is 0 Å². The fraction of sp³-hybridized carbons (Fsp3) is 0.455. The van der Waals surface area contributed by atoms with E-state index in [4.69, 9.17) is 16.7 Å². The molecule has 0 saturated heterocycles. The second-order valence-corrected chi connectivity index (χ2v) is 6.81. The van der Waals surface area contributed by atoms with Crippen LogP contribution in [0.2, 0.25) is 5.28 Å². The number of aryl methyl sites for hydroxylation is 1. The number of nitrogens with zero attached hydrogens (tertiary/aromatic N) is 2. The zero-order valence-electron chi connectivity index (χ0n) is 9.61. The monoisotopic (exact) mass is 288 g/mol. The van der Waals surface area contributed by atoms with Gasteiger partial charge < -0.3 is 5.11 Å². The van der Waals surface area contributed by atoms with Crippen molar-refractivity contribution in [2.75, 3.05) is 6.61 Å². The minimum absolute atomic E-state index is 0.193. The van der Waals surface area contributed by atoms with Gasteiger partial charge in [-0.1, -0.05) is 6.92 Å². The Bertz CT molecular complexity index is 529. The summed E-state index contributed by atoms with van der Waals surface area (Å²) in [5.74, 6) is 0. The number of thiophene rings is 1. The van der Waals surface area contributed by atoms with Gasteiger partial charge in [-0.05, 0) is 31.0 Å². The minimum Gasteiger partial charge on any atom is -0.396 e. The molecule has 17 heavy (non-hydrogen) atoms. The molecule has 6 heteroatoms. The van der Waals surface area contributed by atoms with Crippen LogP contribution in [0.5, 0.6) is 0 Å². The molecule has 0 aliphatic carbocycles. The maximum absolute atomic E-state index is 8.92. The molecule has 1 N–H and O–H groups in total. The van der Waals surface area contributed by atoms with Gasteiger partial charge in [-0.15, -0.1) is 23.1 Å². The molecule has 0 aliphatic rings. The van der Waals surface area contributed by atoms with E-state index in [1.165, 1.54) is 4.88 Å². The zero-order valence-corrected chi connectivity index (χ0v) is 12.0. The molecular weight excluding hydrogens is 276 g/mol. The van der Waals surface area contributed by atoms with Crippen molar-refractivity contribution in [3.8, 4) is 0 Å². The van der Waals surface area contributed by atoms with Crippen LogP contribution in [0.3, 0.4) is 0 Å². The van der Waals surface area contributed by atoms with Crippen molar-refractivity contribution in [3.63, 3.8) is 0 Å². The second kappa shape index (κ2) is 5.52. The predicted molar refractivity (Wildman–Crippen MR) is 74.2 cm³/mol. The number of fused-ring (bicyclic) bond motifs is 1. The summed E-state index contributed by atoms with van der Waals surface area (Å²) in [6.07, 6.45) is 0.747. The lowest BCUT2D eigenvalue weighted by Crippen LogP contribution is -2.00. The predicted octanol–water partition coefficient (Wildman–Crippen LogP) is 3.52. The Labute approximate surface area is 113 Å². The van der Waals surface area contributed by atoms with Crippen molar-refractivity contribution in [2.45, 2.75) is 30.5 Å². The summed E-state index contributed by atoms with van der Waals surface area (Å²) in [5, 5.41) is 11.5. The molecule has 0 aromatic carbocycles. The van der Waals surface area contributed by atoms with E-state index in [1.54, 1.807) is 23.1 Å². The molecule has 2 aromatic rings. The van der Waals surface area contributed by atoms with Gasteiger partial charge in [0.15, 0.2) is 0 Å². The van der Waals surface area contributed by atoms with Crippen LogP contribution in [0.15, 0.2) is 11.1 Å². The summed E-state index contributed by atoms with van der Waals surface area (Å²) in [6, 6.07) is 2.09. The SMILES string of the molecule is Cc1cc2c(SC(C)CCO)nc(Cl)nc2s1. The fourth-order valence-corrected chi connectivity index (χ4v) is 3.75. The topological polar surface area (TPSA) is 46.0 Å². The summed E-state index contributed by atoms with van der Waals surface area (Å²) in [4.78, 5) is 10.6. The molecule has 0 fully saturated rings. The van der Waals surface area contributed by atoms with Gasteiger partial charge in [0.1, 0.15) is 9.86 Å². The number of aliphatic hydroxyl groups is 1. The van der Waals surface area contributed by atoms with Crippen LogP contribution in [-0.2, 0) is 0 Å². The molecule has 1 atom stereocenters. The van der Waals surface area contributed by atoms with Crippen molar-refractivity contribution in [1.82, 2.24) is 9.97 Å². The molecule has 0 amide bonds. The van der Waals surface area contributed by atoms with Gasteiger partial charge in [0.2, 0.25) is 5.28 Å². The third-order valence-electron chi connectivity index (χ3n) is 2.30. The molecule has 2 aromatic heterocycles. The Morgan fingerprint density at radius 3 is 3.00 bits per heavy atom. The summed E-state index contributed by atoms with van der Waals surface area (Å²) in [5.41, 5.74) is 0. The Balaban J connectivity index is 2.37. The van der Waals surface area contributed by atoms with Gasteiger partial charge in [0, 0.05) is 22.1 Å². The molecule has 0 aliphatic heterocycles. The number of rotatable bonds is 4. The molecule has 2 rings (SSSR count). The highest BCUT2D eigenvalue weighted by Gasteiger charge is 2.13. The number of hydrogen-bond acceptors (Lipinski definition) is 5. The van der Waals surface area contributed by atoms with Crippen molar-refractivity contribution in [1.29, 1.82) is 0 Å². The van der Waals surface area contributed by atoms with Gasteiger partial charge in [-0.25, -0.2) is 9.97 Å². The van der Waals surface area contributed by atoms with Gasteiger partial charge in [-0.3, -0.25) is 0 Å². The lowest BCUT2D eigenvalue weighted by Gasteiger charge is -2.09. The van der Waals surface area contributed by atoms with Crippen molar-refractivity contribution >= 4 is 44.9 Å². The fourth-order valence-electron chi connectivity index (χ4n) is 1.51. The highest BCUT2D eigenvalue weighted by atomic mass is 35.5. The quantitative estimate of drug-likeness (QED) is 0.531. The van der Waals surface area contributed by atoms with E-state index in [-0.39, 0.29) is 11.9 Å². The number of hydrogen-bond donors (Lipinski definition) is 1. The first-order valence-corrected chi connectivity index (χ1v) is 7.38. The Kier molecular flexibility index (Phi) is 4.25. The summed E-state index contributed by atoms with van der Waals surface area (Å²) < 4.78 is 0. The molecule has 0 spiro atoms. The van der Waals surface area contributed by atoms with Crippen LogP contribution >= 0.6 is 34.7 Å². The second-order valence-electron chi connectivity index (χ2n) is 3.81. The number of thioether (sulfide) groups is 1. The van der Waals surface area contributed by atoms with Crippen LogP contribution in [0.4, 0.5) is 0 Å². The Morgan fingerprint density at radius 2 is 2.29 bits per heavy atom. The van der Waals surface area contributed by atoms with E-state index in [0.29, 0.717) is 5.25 Å². The summed E-state index contributed by atoms with van der Waals surface area (Å²) in [7, 11) is 0.